The smallest absolute Gasteiger partial charge is 0.101 e. The van der Waals surface area contributed by atoms with Gasteiger partial charge in [0.15, 0.2) is 0 Å². The first-order valence-electron chi connectivity index (χ1n) is 5.89. The van der Waals surface area contributed by atoms with Crippen LogP contribution in [0.15, 0.2) is 30.5 Å². The maximum Gasteiger partial charge on any atom is 0.101 e. The van der Waals surface area contributed by atoms with Crippen molar-refractivity contribution in [1.29, 1.82) is 0 Å². The maximum absolute atomic E-state index is 6.15. The fraction of sp³-hybridized carbons (Fsp3) is 0.385. The van der Waals surface area contributed by atoms with Crippen molar-refractivity contribution in [2.24, 2.45) is 0 Å². The average Bonchev–Trinajstić information content (AvgIpc) is 2.88. The first-order valence-corrected chi connectivity index (χ1v) is 6.33. The molecule has 0 N–H and O–H groups in total. The summed E-state index contributed by atoms with van der Waals surface area (Å²) in [6, 6.07) is 7.94. The number of alkyl halides is 1. The lowest BCUT2D eigenvalue weighted by molar-refractivity contribution is 0.184. The standard InChI is InChI=1S/C13H16ClN3O/c1-3-11(14)12-8-17(16-15-12)13-7-5-4-6-10(13)9-18-2/h4-8,11H,3,9H2,1-2H3. The van der Waals surface area contributed by atoms with Crippen LogP contribution in [0, 0.1) is 0 Å². The van der Waals surface area contributed by atoms with Crippen LogP contribution in [-0.2, 0) is 11.3 Å². The summed E-state index contributed by atoms with van der Waals surface area (Å²) in [6.07, 6.45) is 2.70. The highest BCUT2D eigenvalue weighted by molar-refractivity contribution is 6.20. The Morgan fingerprint density at radius 3 is 2.89 bits per heavy atom. The van der Waals surface area contributed by atoms with Gasteiger partial charge in [0.05, 0.1) is 23.9 Å². The van der Waals surface area contributed by atoms with E-state index in [4.69, 9.17) is 16.3 Å². The second kappa shape index (κ2) is 5.98. The monoisotopic (exact) mass is 265 g/mol. The molecule has 0 saturated carbocycles. The number of hydrogen-bond donors (Lipinski definition) is 0. The molecule has 0 aliphatic heterocycles. The molecule has 1 heterocycles. The molecule has 96 valence electrons. The number of nitrogens with zero attached hydrogens (tertiary/aromatic N) is 3. The minimum absolute atomic E-state index is 0.0895. The van der Waals surface area contributed by atoms with E-state index in [0.29, 0.717) is 6.61 Å². The second-order valence-electron chi connectivity index (χ2n) is 4.03. The highest BCUT2D eigenvalue weighted by Crippen LogP contribution is 2.22. The van der Waals surface area contributed by atoms with Crippen LogP contribution in [0.5, 0.6) is 0 Å². The molecule has 0 aliphatic carbocycles. The van der Waals surface area contributed by atoms with Crippen LogP contribution in [0.2, 0.25) is 0 Å². The molecule has 1 atom stereocenters. The average molecular weight is 266 g/mol. The number of rotatable bonds is 5. The van der Waals surface area contributed by atoms with Gasteiger partial charge in [0.2, 0.25) is 0 Å². The zero-order valence-corrected chi connectivity index (χ0v) is 11.3. The lowest BCUT2D eigenvalue weighted by atomic mass is 10.2. The van der Waals surface area contributed by atoms with Crippen molar-refractivity contribution >= 4 is 11.6 Å². The Labute approximate surface area is 112 Å². The number of hydrogen-bond acceptors (Lipinski definition) is 3. The molecule has 0 fully saturated rings. The molecular weight excluding hydrogens is 250 g/mol. The predicted molar refractivity (Wildman–Crippen MR) is 71.0 cm³/mol. The normalized spacial score (nSPS) is 12.6. The van der Waals surface area contributed by atoms with Gasteiger partial charge in [-0.25, -0.2) is 4.68 Å². The summed E-state index contributed by atoms with van der Waals surface area (Å²) in [5.41, 5.74) is 2.84. The van der Waals surface area contributed by atoms with Crippen molar-refractivity contribution in [2.45, 2.75) is 25.3 Å². The van der Waals surface area contributed by atoms with E-state index in [0.717, 1.165) is 23.4 Å². The van der Waals surface area contributed by atoms with E-state index >= 15 is 0 Å². The SMILES string of the molecule is CCC(Cl)c1cn(-c2ccccc2COC)nn1. The van der Waals surface area contributed by atoms with Crippen LogP contribution in [0.1, 0.15) is 30.0 Å². The van der Waals surface area contributed by atoms with E-state index in [-0.39, 0.29) is 5.38 Å². The van der Waals surface area contributed by atoms with Gasteiger partial charge in [-0.1, -0.05) is 30.3 Å². The molecule has 1 unspecified atom stereocenters. The quantitative estimate of drug-likeness (QED) is 0.780. The van der Waals surface area contributed by atoms with E-state index < -0.39 is 0 Å². The minimum Gasteiger partial charge on any atom is -0.380 e. The van der Waals surface area contributed by atoms with Gasteiger partial charge in [0.1, 0.15) is 5.69 Å². The third-order valence-electron chi connectivity index (χ3n) is 2.73. The molecule has 0 aliphatic rings. The van der Waals surface area contributed by atoms with Gasteiger partial charge in [0, 0.05) is 12.7 Å². The van der Waals surface area contributed by atoms with Crippen LogP contribution < -0.4 is 0 Å². The molecule has 0 saturated heterocycles. The maximum atomic E-state index is 6.15. The molecule has 1 aromatic carbocycles. The lowest BCUT2D eigenvalue weighted by Gasteiger charge is -2.07. The Bertz CT molecular complexity index is 512. The van der Waals surface area contributed by atoms with Gasteiger partial charge in [0.25, 0.3) is 0 Å². The van der Waals surface area contributed by atoms with E-state index in [1.807, 2.05) is 37.4 Å². The van der Waals surface area contributed by atoms with Crippen molar-refractivity contribution < 1.29 is 4.74 Å². The number of para-hydroxylation sites is 1. The summed E-state index contributed by atoms with van der Waals surface area (Å²) < 4.78 is 6.92. The Balaban J connectivity index is 2.33. The van der Waals surface area contributed by atoms with Crippen molar-refractivity contribution in [3.8, 4) is 5.69 Å². The molecule has 5 heteroatoms. The van der Waals surface area contributed by atoms with E-state index in [1.54, 1.807) is 11.8 Å². The van der Waals surface area contributed by atoms with Crippen molar-refractivity contribution in [2.75, 3.05) is 7.11 Å². The van der Waals surface area contributed by atoms with Crippen LogP contribution in [0.25, 0.3) is 5.69 Å². The fourth-order valence-corrected chi connectivity index (χ4v) is 1.86. The third-order valence-corrected chi connectivity index (χ3v) is 3.26. The van der Waals surface area contributed by atoms with Crippen LogP contribution in [-0.4, -0.2) is 22.1 Å². The van der Waals surface area contributed by atoms with Crippen molar-refractivity contribution in [3.05, 3.63) is 41.7 Å². The summed E-state index contributed by atoms with van der Waals surface area (Å²) in [7, 11) is 1.68. The number of benzene rings is 1. The van der Waals surface area contributed by atoms with Crippen LogP contribution in [0.3, 0.4) is 0 Å². The predicted octanol–water partition coefficient (Wildman–Crippen LogP) is 3.10. The van der Waals surface area contributed by atoms with Gasteiger partial charge in [-0.05, 0) is 12.5 Å². The highest BCUT2D eigenvalue weighted by Gasteiger charge is 2.12. The summed E-state index contributed by atoms with van der Waals surface area (Å²) in [5.74, 6) is 0. The number of halogens is 1. The summed E-state index contributed by atoms with van der Waals surface area (Å²) in [6.45, 7) is 2.57. The molecule has 0 radical (unpaired) electrons. The lowest BCUT2D eigenvalue weighted by Crippen LogP contribution is -2.01. The Morgan fingerprint density at radius 2 is 2.17 bits per heavy atom. The van der Waals surface area contributed by atoms with E-state index in [9.17, 15) is 0 Å². The van der Waals surface area contributed by atoms with Gasteiger partial charge >= 0.3 is 0 Å². The van der Waals surface area contributed by atoms with Gasteiger partial charge in [-0.3, -0.25) is 0 Å². The fourth-order valence-electron chi connectivity index (χ4n) is 1.76. The first kappa shape index (κ1) is 13.1. The largest absolute Gasteiger partial charge is 0.380 e. The Kier molecular flexibility index (Phi) is 4.33. The van der Waals surface area contributed by atoms with Crippen molar-refractivity contribution in [1.82, 2.24) is 15.0 Å². The molecule has 2 aromatic rings. The van der Waals surface area contributed by atoms with Gasteiger partial charge in [-0.15, -0.1) is 16.7 Å². The van der Waals surface area contributed by atoms with Gasteiger partial charge < -0.3 is 4.74 Å². The van der Waals surface area contributed by atoms with E-state index in [1.165, 1.54) is 0 Å². The molecule has 1 aromatic heterocycles. The first-order chi connectivity index (χ1) is 8.76. The molecular formula is C13H16ClN3O. The molecule has 4 nitrogen and oxygen atoms in total. The topological polar surface area (TPSA) is 39.9 Å². The number of methoxy groups -OCH3 is 1. The Morgan fingerprint density at radius 1 is 1.39 bits per heavy atom. The van der Waals surface area contributed by atoms with Crippen LogP contribution >= 0.6 is 11.6 Å². The zero-order valence-electron chi connectivity index (χ0n) is 10.5. The minimum atomic E-state index is -0.0895. The van der Waals surface area contributed by atoms with E-state index in [2.05, 4.69) is 10.3 Å². The third kappa shape index (κ3) is 2.71. The van der Waals surface area contributed by atoms with Crippen LogP contribution in [0.4, 0.5) is 0 Å². The molecule has 18 heavy (non-hydrogen) atoms. The summed E-state index contributed by atoms with van der Waals surface area (Å²) in [4.78, 5) is 0. The Hall–Kier alpha value is -1.39. The molecule has 2 rings (SSSR count). The molecule has 0 amide bonds. The van der Waals surface area contributed by atoms with Crippen molar-refractivity contribution in [3.63, 3.8) is 0 Å². The molecule has 0 spiro atoms. The molecule has 0 bridgehead atoms. The number of ether oxygens (including phenoxy) is 1. The van der Waals surface area contributed by atoms with Gasteiger partial charge in [-0.2, -0.15) is 0 Å². The summed E-state index contributed by atoms with van der Waals surface area (Å²) >= 11 is 6.15. The second-order valence-corrected chi connectivity index (χ2v) is 4.55. The summed E-state index contributed by atoms with van der Waals surface area (Å²) in [5, 5.41) is 8.14. The highest BCUT2D eigenvalue weighted by atomic mass is 35.5. The zero-order chi connectivity index (χ0) is 13.0. The number of aromatic nitrogens is 3.